The van der Waals surface area contributed by atoms with E-state index in [0.717, 1.165) is 24.1 Å². The van der Waals surface area contributed by atoms with E-state index in [2.05, 4.69) is 15.7 Å². The maximum atomic E-state index is 11.8. The molecule has 1 saturated carbocycles. The zero-order valence-electron chi connectivity index (χ0n) is 11.0. The van der Waals surface area contributed by atoms with Gasteiger partial charge in [0.25, 0.3) is 0 Å². The molecular formula is C12H19ClN4O. The molecule has 1 fully saturated rings. The van der Waals surface area contributed by atoms with Gasteiger partial charge >= 0.3 is 0 Å². The summed E-state index contributed by atoms with van der Waals surface area (Å²) in [5.41, 5.74) is 1.84. The zero-order chi connectivity index (χ0) is 13.3. The Balaban J connectivity index is 1.88. The minimum Gasteiger partial charge on any atom is -0.352 e. The molecular weight excluding hydrogens is 252 g/mol. The van der Waals surface area contributed by atoms with Crippen LogP contribution in [0.1, 0.15) is 31.0 Å². The fraction of sp³-hybridized carbons (Fsp3) is 0.667. The van der Waals surface area contributed by atoms with Crippen molar-refractivity contribution in [2.24, 2.45) is 7.05 Å². The topological polar surface area (TPSA) is 59.0 Å². The Labute approximate surface area is 112 Å². The molecule has 1 aromatic rings. The highest BCUT2D eigenvalue weighted by atomic mass is 35.5. The van der Waals surface area contributed by atoms with E-state index in [1.165, 1.54) is 0 Å². The maximum Gasteiger partial charge on any atom is 0.237 e. The van der Waals surface area contributed by atoms with Crippen molar-refractivity contribution >= 4 is 17.5 Å². The molecule has 100 valence electrons. The number of aryl methyl sites for hydroxylation is 2. The molecule has 2 rings (SSSR count). The van der Waals surface area contributed by atoms with Gasteiger partial charge in [0, 0.05) is 25.2 Å². The third-order valence-corrected chi connectivity index (χ3v) is 3.64. The van der Waals surface area contributed by atoms with Crippen LogP contribution in [0.2, 0.25) is 5.15 Å². The van der Waals surface area contributed by atoms with Gasteiger partial charge in [-0.05, 0) is 26.7 Å². The summed E-state index contributed by atoms with van der Waals surface area (Å²) in [5, 5.41) is 11.0. The number of nitrogens with one attached hydrogen (secondary N) is 2. The summed E-state index contributed by atoms with van der Waals surface area (Å²) in [5.74, 6) is 0.0511. The van der Waals surface area contributed by atoms with Crippen molar-refractivity contribution in [3.63, 3.8) is 0 Å². The van der Waals surface area contributed by atoms with E-state index in [4.69, 9.17) is 11.6 Å². The fourth-order valence-electron chi connectivity index (χ4n) is 1.78. The molecule has 2 N–H and O–H groups in total. The van der Waals surface area contributed by atoms with E-state index in [9.17, 15) is 4.79 Å². The van der Waals surface area contributed by atoms with E-state index < -0.39 is 0 Å². The van der Waals surface area contributed by atoms with Crippen molar-refractivity contribution in [1.82, 2.24) is 20.4 Å². The summed E-state index contributed by atoms with van der Waals surface area (Å²) < 4.78 is 1.64. The van der Waals surface area contributed by atoms with Crippen LogP contribution in [0.25, 0.3) is 0 Å². The maximum absolute atomic E-state index is 11.8. The summed E-state index contributed by atoms with van der Waals surface area (Å²) in [7, 11) is 1.81. The number of carbonyl (C=O) groups excluding carboxylic acids is 1. The van der Waals surface area contributed by atoms with Crippen LogP contribution in [0.5, 0.6) is 0 Å². The largest absolute Gasteiger partial charge is 0.352 e. The van der Waals surface area contributed by atoms with E-state index in [0.29, 0.717) is 17.7 Å². The molecule has 1 aliphatic rings. The molecule has 1 heterocycles. The van der Waals surface area contributed by atoms with Gasteiger partial charge in [-0.15, -0.1) is 0 Å². The van der Waals surface area contributed by atoms with Crippen molar-refractivity contribution in [2.75, 3.05) is 0 Å². The minimum atomic E-state index is -0.221. The number of hydrogen-bond donors (Lipinski definition) is 2. The van der Waals surface area contributed by atoms with Crippen LogP contribution in [0.3, 0.4) is 0 Å². The fourth-order valence-corrected chi connectivity index (χ4v) is 2.02. The van der Waals surface area contributed by atoms with Gasteiger partial charge in [0.05, 0.1) is 11.7 Å². The van der Waals surface area contributed by atoms with Gasteiger partial charge in [0.1, 0.15) is 5.15 Å². The third kappa shape index (κ3) is 3.03. The quantitative estimate of drug-likeness (QED) is 0.844. The van der Waals surface area contributed by atoms with Crippen molar-refractivity contribution in [1.29, 1.82) is 0 Å². The first-order valence-corrected chi connectivity index (χ1v) is 6.58. The van der Waals surface area contributed by atoms with Crippen LogP contribution in [0.4, 0.5) is 0 Å². The third-order valence-electron chi connectivity index (χ3n) is 3.17. The lowest BCUT2D eigenvalue weighted by molar-refractivity contribution is -0.122. The van der Waals surface area contributed by atoms with Crippen LogP contribution in [0, 0.1) is 6.92 Å². The van der Waals surface area contributed by atoms with E-state index in [1.54, 1.807) is 4.68 Å². The Hall–Kier alpha value is -1.07. The smallest absolute Gasteiger partial charge is 0.237 e. The van der Waals surface area contributed by atoms with Crippen LogP contribution >= 0.6 is 11.6 Å². The van der Waals surface area contributed by atoms with Crippen molar-refractivity contribution in [3.05, 3.63) is 16.4 Å². The number of halogens is 1. The molecule has 18 heavy (non-hydrogen) atoms. The number of amides is 1. The van der Waals surface area contributed by atoms with Crippen LogP contribution in [-0.2, 0) is 18.4 Å². The molecule has 0 spiro atoms. The molecule has 0 radical (unpaired) electrons. The summed E-state index contributed by atoms with van der Waals surface area (Å²) in [6.07, 6.45) is 2.21. The molecule has 0 aliphatic heterocycles. The second-order valence-electron chi connectivity index (χ2n) is 4.86. The van der Waals surface area contributed by atoms with Crippen LogP contribution in [0.15, 0.2) is 0 Å². The number of rotatable bonds is 5. The average Bonchev–Trinajstić information content (AvgIpc) is 3.08. The van der Waals surface area contributed by atoms with Crippen LogP contribution < -0.4 is 10.6 Å². The predicted molar refractivity (Wildman–Crippen MR) is 70.4 cm³/mol. The lowest BCUT2D eigenvalue weighted by Crippen LogP contribution is -2.42. The van der Waals surface area contributed by atoms with Gasteiger partial charge in [-0.25, -0.2) is 0 Å². The van der Waals surface area contributed by atoms with Crippen molar-refractivity contribution in [3.8, 4) is 0 Å². The number of carbonyl (C=O) groups is 1. The Morgan fingerprint density at radius 1 is 1.61 bits per heavy atom. The molecule has 1 unspecified atom stereocenters. The molecule has 0 bridgehead atoms. The van der Waals surface area contributed by atoms with Gasteiger partial charge < -0.3 is 10.6 Å². The van der Waals surface area contributed by atoms with Gasteiger partial charge in [-0.1, -0.05) is 11.6 Å². The molecule has 1 aliphatic carbocycles. The van der Waals surface area contributed by atoms with Gasteiger partial charge in [-0.2, -0.15) is 5.10 Å². The first-order valence-electron chi connectivity index (χ1n) is 6.20. The number of hydrogen-bond acceptors (Lipinski definition) is 3. The Kier molecular flexibility index (Phi) is 3.92. The molecule has 0 aromatic carbocycles. The normalized spacial score (nSPS) is 16.7. The summed E-state index contributed by atoms with van der Waals surface area (Å²) >= 11 is 6.13. The molecule has 1 amide bonds. The monoisotopic (exact) mass is 270 g/mol. The predicted octanol–water partition coefficient (Wildman–Crippen LogP) is 1.14. The minimum absolute atomic E-state index is 0.0511. The second kappa shape index (κ2) is 5.28. The SMILES string of the molecule is Cc1nn(C)c(Cl)c1CNC(C)C(=O)NC1CC1. The highest BCUT2D eigenvalue weighted by Crippen LogP contribution is 2.19. The molecule has 6 heteroatoms. The first kappa shape index (κ1) is 13.4. The summed E-state index contributed by atoms with van der Waals surface area (Å²) in [6.45, 7) is 4.33. The van der Waals surface area contributed by atoms with Gasteiger partial charge in [0.15, 0.2) is 0 Å². The highest BCUT2D eigenvalue weighted by molar-refractivity contribution is 6.30. The van der Waals surface area contributed by atoms with E-state index in [-0.39, 0.29) is 11.9 Å². The first-order chi connectivity index (χ1) is 8.49. The van der Waals surface area contributed by atoms with Crippen LogP contribution in [-0.4, -0.2) is 27.8 Å². The summed E-state index contributed by atoms with van der Waals surface area (Å²) in [4.78, 5) is 11.8. The van der Waals surface area contributed by atoms with Crippen molar-refractivity contribution < 1.29 is 4.79 Å². The Morgan fingerprint density at radius 3 is 2.78 bits per heavy atom. The van der Waals surface area contributed by atoms with E-state index >= 15 is 0 Å². The number of nitrogens with zero attached hydrogens (tertiary/aromatic N) is 2. The highest BCUT2D eigenvalue weighted by Gasteiger charge is 2.25. The molecule has 5 nitrogen and oxygen atoms in total. The van der Waals surface area contributed by atoms with Crippen molar-refractivity contribution in [2.45, 2.75) is 45.3 Å². The zero-order valence-corrected chi connectivity index (χ0v) is 11.7. The average molecular weight is 271 g/mol. The van der Waals surface area contributed by atoms with E-state index in [1.807, 2.05) is 20.9 Å². The number of aromatic nitrogens is 2. The molecule has 0 saturated heterocycles. The van der Waals surface area contributed by atoms with Gasteiger partial charge in [0.2, 0.25) is 5.91 Å². The second-order valence-corrected chi connectivity index (χ2v) is 5.22. The summed E-state index contributed by atoms with van der Waals surface area (Å²) in [6, 6.07) is 0.173. The Bertz CT molecular complexity index is 453. The lowest BCUT2D eigenvalue weighted by Gasteiger charge is -2.13. The lowest BCUT2D eigenvalue weighted by atomic mass is 10.2. The van der Waals surface area contributed by atoms with Gasteiger partial charge in [-0.3, -0.25) is 9.48 Å². The Morgan fingerprint density at radius 2 is 2.28 bits per heavy atom. The molecule has 1 atom stereocenters. The molecule has 1 aromatic heterocycles. The standard InChI is InChI=1S/C12H19ClN4O/c1-7-10(11(13)17(3)16-7)6-14-8(2)12(18)15-9-4-5-9/h8-9,14H,4-6H2,1-3H3,(H,15,18).